The first-order valence-electron chi connectivity index (χ1n) is 7.00. The second kappa shape index (κ2) is 7.28. The fourth-order valence-electron chi connectivity index (χ4n) is 2.01. The molecular formula is C14H25N3O2. The lowest BCUT2D eigenvalue weighted by Gasteiger charge is -2.25. The van der Waals surface area contributed by atoms with Crippen LogP contribution in [0.3, 0.4) is 0 Å². The maximum absolute atomic E-state index is 11.9. The smallest absolute Gasteiger partial charge is 0.312 e. The van der Waals surface area contributed by atoms with E-state index >= 15 is 0 Å². The highest BCUT2D eigenvalue weighted by atomic mass is 16.2. The van der Waals surface area contributed by atoms with E-state index in [1.807, 2.05) is 0 Å². The van der Waals surface area contributed by atoms with Crippen molar-refractivity contribution >= 4 is 0 Å². The van der Waals surface area contributed by atoms with Crippen LogP contribution in [0.25, 0.3) is 0 Å². The Morgan fingerprint density at radius 3 is 2.47 bits per heavy atom. The molecule has 5 nitrogen and oxygen atoms in total. The van der Waals surface area contributed by atoms with Gasteiger partial charge in [0.25, 0.3) is 0 Å². The van der Waals surface area contributed by atoms with Crippen molar-refractivity contribution in [2.75, 3.05) is 6.54 Å². The summed E-state index contributed by atoms with van der Waals surface area (Å²) in [6.45, 7) is 7.89. The highest BCUT2D eigenvalue weighted by molar-refractivity contribution is 4.87. The van der Waals surface area contributed by atoms with E-state index in [-0.39, 0.29) is 6.04 Å². The molecule has 0 aliphatic carbocycles. The standard InChI is InChI=1S/C14H25N3O2/c1-5-7-15-12(11(3)6-2)10-17-9-8-16(4)13(18)14(17)19/h8-9,11-12,15H,5-7,10H2,1-4H3. The molecule has 108 valence electrons. The Balaban J connectivity index is 2.93. The minimum Gasteiger partial charge on any atom is -0.312 e. The molecule has 0 bridgehead atoms. The molecule has 0 aromatic carbocycles. The minimum atomic E-state index is -0.471. The first-order valence-corrected chi connectivity index (χ1v) is 7.00. The average molecular weight is 267 g/mol. The van der Waals surface area contributed by atoms with E-state index < -0.39 is 11.1 Å². The van der Waals surface area contributed by atoms with Crippen LogP contribution in [0.5, 0.6) is 0 Å². The summed E-state index contributed by atoms with van der Waals surface area (Å²) in [4.78, 5) is 23.5. The first-order chi connectivity index (χ1) is 9.01. The molecular weight excluding hydrogens is 242 g/mol. The summed E-state index contributed by atoms with van der Waals surface area (Å²) in [7, 11) is 1.59. The predicted molar refractivity (Wildman–Crippen MR) is 77.5 cm³/mol. The van der Waals surface area contributed by atoms with Gasteiger partial charge >= 0.3 is 11.1 Å². The van der Waals surface area contributed by atoms with Crippen LogP contribution in [0, 0.1) is 5.92 Å². The van der Waals surface area contributed by atoms with Crippen molar-refractivity contribution in [1.29, 1.82) is 0 Å². The molecule has 0 amide bonds. The Kier molecular flexibility index (Phi) is 6.02. The van der Waals surface area contributed by atoms with Gasteiger partial charge in [0, 0.05) is 32.0 Å². The molecule has 2 atom stereocenters. The van der Waals surface area contributed by atoms with E-state index in [1.165, 1.54) is 9.13 Å². The molecule has 0 saturated heterocycles. The third-order valence-electron chi connectivity index (χ3n) is 3.62. The highest BCUT2D eigenvalue weighted by Crippen LogP contribution is 2.09. The number of aromatic nitrogens is 2. The van der Waals surface area contributed by atoms with Crippen molar-refractivity contribution in [3.8, 4) is 0 Å². The predicted octanol–water partition coefficient (Wildman–Crippen LogP) is 0.961. The fourth-order valence-corrected chi connectivity index (χ4v) is 2.01. The van der Waals surface area contributed by atoms with Crippen LogP contribution in [-0.4, -0.2) is 21.7 Å². The Bertz CT molecular complexity index is 504. The molecule has 19 heavy (non-hydrogen) atoms. The van der Waals surface area contributed by atoms with Crippen molar-refractivity contribution in [2.24, 2.45) is 13.0 Å². The van der Waals surface area contributed by atoms with E-state index in [2.05, 4.69) is 26.1 Å². The third kappa shape index (κ3) is 4.06. The number of hydrogen-bond acceptors (Lipinski definition) is 3. The average Bonchev–Trinajstić information content (AvgIpc) is 2.42. The monoisotopic (exact) mass is 267 g/mol. The zero-order valence-electron chi connectivity index (χ0n) is 12.3. The van der Waals surface area contributed by atoms with E-state index in [9.17, 15) is 9.59 Å². The molecule has 0 saturated carbocycles. The molecule has 0 radical (unpaired) electrons. The summed E-state index contributed by atoms with van der Waals surface area (Å²) >= 11 is 0. The molecule has 1 aromatic rings. The zero-order valence-corrected chi connectivity index (χ0v) is 12.3. The van der Waals surface area contributed by atoms with Gasteiger partial charge in [0.1, 0.15) is 0 Å². The van der Waals surface area contributed by atoms with Gasteiger partial charge in [-0.15, -0.1) is 0 Å². The fraction of sp³-hybridized carbons (Fsp3) is 0.714. The lowest BCUT2D eigenvalue weighted by molar-refractivity contribution is 0.325. The number of rotatable bonds is 7. The topological polar surface area (TPSA) is 56.0 Å². The van der Waals surface area contributed by atoms with Crippen LogP contribution >= 0.6 is 0 Å². The van der Waals surface area contributed by atoms with Gasteiger partial charge in [-0.2, -0.15) is 0 Å². The SMILES string of the molecule is CCCNC(Cn1ccn(C)c(=O)c1=O)C(C)CC. The maximum Gasteiger partial charge on any atom is 0.316 e. The van der Waals surface area contributed by atoms with E-state index in [0.29, 0.717) is 12.5 Å². The van der Waals surface area contributed by atoms with E-state index in [1.54, 1.807) is 19.4 Å². The first kappa shape index (κ1) is 15.7. The molecule has 0 aliphatic rings. The third-order valence-corrected chi connectivity index (χ3v) is 3.62. The molecule has 1 N–H and O–H groups in total. The minimum absolute atomic E-state index is 0.217. The summed E-state index contributed by atoms with van der Waals surface area (Å²) in [5, 5.41) is 3.46. The summed E-state index contributed by atoms with van der Waals surface area (Å²) in [6.07, 6.45) is 5.42. The molecule has 0 spiro atoms. The summed E-state index contributed by atoms with van der Waals surface area (Å²) < 4.78 is 2.83. The molecule has 0 aliphatic heterocycles. The lowest BCUT2D eigenvalue weighted by Crippen LogP contribution is -2.45. The number of hydrogen-bond donors (Lipinski definition) is 1. The number of aryl methyl sites for hydroxylation is 1. The Labute approximate surface area is 114 Å². The summed E-state index contributed by atoms with van der Waals surface area (Å²) in [5.41, 5.74) is -0.919. The Morgan fingerprint density at radius 2 is 1.89 bits per heavy atom. The molecule has 5 heteroatoms. The van der Waals surface area contributed by atoms with Crippen molar-refractivity contribution in [1.82, 2.24) is 14.5 Å². The quantitative estimate of drug-likeness (QED) is 0.749. The van der Waals surface area contributed by atoms with Crippen LogP contribution in [0.1, 0.15) is 33.6 Å². The van der Waals surface area contributed by atoms with Crippen molar-refractivity contribution in [3.63, 3.8) is 0 Å². The van der Waals surface area contributed by atoms with Gasteiger partial charge in [-0.1, -0.05) is 27.2 Å². The van der Waals surface area contributed by atoms with Gasteiger partial charge in [-0.3, -0.25) is 9.59 Å². The van der Waals surface area contributed by atoms with Crippen LogP contribution in [-0.2, 0) is 13.6 Å². The van der Waals surface area contributed by atoms with Crippen molar-refractivity contribution < 1.29 is 0 Å². The van der Waals surface area contributed by atoms with Crippen LogP contribution in [0.4, 0.5) is 0 Å². The molecule has 1 heterocycles. The molecule has 1 rings (SSSR count). The normalized spacial score (nSPS) is 14.3. The van der Waals surface area contributed by atoms with Gasteiger partial charge in [-0.25, -0.2) is 0 Å². The van der Waals surface area contributed by atoms with Gasteiger partial charge < -0.3 is 14.5 Å². The lowest BCUT2D eigenvalue weighted by atomic mass is 9.99. The van der Waals surface area contributed by atoms with Gasteiger partial charge in [0.15, 0.2) is 0 Å². The zero-order chi connectivity index (χ0) is 14.4. The van der Waals surface area contributed by atoms with Crippen LogP contribution < -0.4 is 16.4 Å². The number of nitrogens with one attached hydrogen (secondary N) is 1. The summed E-state index contributed by atoms with van der Waals surface area (Å²) in [5.74, 6) is 0.461. The largest absolute Gasteiger partial charge is 0.316 e. The van der Waals surface area contributed by atoms with Crippen LogP contribution in [0.2, 0.25) is 0 Å². The number of nitrogens with zero attached hydrogens (tertiary/aromatic N) is 2. The van der Waals surface area contributed by atoms with Crippen molar-refractivity contribution in [3.05, 3.63) is 33.1 Å². The summed E-state index contributed by atoms with van der Waals surface area (Å²) in [6, 6.07) is 0.217. The molecule has 0 fully saturated rings. The Hall–Kier alpha value is -1.36. The van der Waals surface area contributed by atoms with E-state index in [0.717, 1.165) is 19.4 Å². The van der Waals surface area contributed by atoms with Gasteiger partial charge in [0.05, 0.1) is 0 Å². The Morgan fingerprint density at radius 1 is 1.21 bits per heavy atom. The maximum atomic E-state index is 11.9. The highest BCUT2D eigenvalue weighted by Gasteiger charge is 2.16. The molecule has 2 unspecified atom stereocenters. The second-order valence-corrected chi connectivity index (χ2v) is 5.12. The van der Waals surface area contributed by atoms with Gasteiger partial charge in [-0.05, 0) is 18.9 Å². The molecule has 1 aromatic heterocycles. The van der Waals surface area contributed by atoms with Gasteiger partial charge in [0.2, 0.25) is 0 Å². The second-order valence-electron chi connectivity index (χ2n) is 5.12. The van der Waals surface area contributed by atoms with Crippen LogP contribution in [0.15, 0.2) is 22.0 Å². The van der Waals surface area contributed by atoms with Crippen molar-refractivity contribution in [2.45, 2.75) is 46.2 Å². The van der Waals surface area contributed by atoms with E-state index in [4.69, 9.17) is 0 Å².